The number of phenols is 1. The first-order valence-corrected chi connectivity index (χ1v) is 7.09. The highest BCUT2D eigenvalue weighted by molar-refractivity contribution is 5.93. The van der Waals surface area contributed by atoms with Crippen LogP contribution in [0.1, 0.15) is 40.9 Å². The molecule has 3 nitrogen and oxygen atoms in total. The van der Waals surface area contributed by atoms with Gasteiger partial charge in [0.05, 0.1) is 0 Å². The molecule has 0 spiro atoms. The summed E-state index contributed by atoms with van der Waals surface area (Å²) in [6.45, 7) is 9.31. The molecule has 0 unspecified atom stereocenters. The third kappa shape index (κ3) is 3.37. The van der Waals surface area contributed by atoms with Crippen LogP contribution < -0.4 is 0 Å². The minimum absolute atomic E-state index is 0.102. The van der Waals surface area contributed by atoms with Crippen LogP contribution in [0.15, 0.2) is 49.0 Å². The molecule has 0 heterocycles. The van der Waals surface area contributed by atoms with E-state index in [1.165, 1.54) is 6.07 Å². The van der Waals surface area contributed by atoms with Crippen molar-refractivity contribution in [2.75, 3.05) is 0 Å². The molecular formula is C19H20O3. The number of phenolic OH excluding ortho intramolecular Hbond substituents is 1. The lowest BCUT2D eigenvalue weighted by atomic mass is 9.97. The number of hydrogen-bond acceptors (Lipinski definition) is 3. The quantitative estimate of drug-likeness (QED) is 0.849. The van der Waals surface area contributed by atoms with Gasteiger partial charge >= 0.3 is 5.97 Å². The second-order valence-electron chi connectivity index (χ2n) is 5.75. The van der Waals surface area contributed by atoms with Crippen molar-refractivity contribution in [3.63, 3.8) is 0 Å². The van der Waals surface area contributed by atoms with Gasteiger partial charge in [-0.1, -0.05) is 48.6 Å². The minimum atomic E-state index is -0.790. The predicted octanol–water partition coefficient (Wildman–Crippen LogP) is 4.44. The van der Waals surface area contributed by atoms with Gasteiger partial charge in [-0.05, 0) is 44.0 Å². The van der Waals surface area contributed by atoms with Crippen molar-refractivity contribution >= 4 is 12.0 Å². The number of esters is 1. The van der Waals surface area contributed by atoms with Crippen LogP contribution in [0.5, 0.6) is 5.75 Å². The zero-order valence-electron chi connectivity index (χ0n) is 13.1. The zero-order valence-corrected chi connectivity index (χ0v) is 13.1. The molecule has 114 valence electrons. The minimum Gasteiger partial charge on any atom is -0.507 e. The van der Waals surface area contributed by atoms with Crippen LogP contribution in [0.4, 0.5) is 0 Å². The fourth-order valence-electron chi connectivity index (χ4n) is 2.14. The van der Waals surface area contributed by atoms with Crippen molar-refractivity contribution in [1.29, 1.82) is 0 Å². The summed E-state index contributed by atoms with van der Waals surface area (Å²) in [5.41, 5.74) is 2.13. The summed E-state index contributed by atoms with van der Waals surface area (Å²) in [5.74, 6) is -0.665. The molecule has 2 aromatic carbocycles. The smallest absolute Gasteiger partial charge is 0.342 e. The van der Waals surface area contributed by atoms with Gasteiger partial charge in [0.1, 0.15) is 16.9 Å². The van der Waals surface area contributed by atoms with Gasteiger partial charge < -0.3 is 9.84 Å². The maximum Gasteiger partial charge on any atom is 0.342 e. The first-order valence-electron chi connectivity index (χ1n) is 7.09. The first kappa shape index (κ1) is 15.8. The molecule has 0 saturated carbocycles. The van der Waals surface area contributed by atoms with Gasteiger partial charge in [-0.3, -0.25) is 0 Å². The van der Waals surface area contributed by atoms with E-state index in [4.69, 9.17) is 4.74 Å². The Morgan fingerprint density at radius 3 is 2.41 bits per heavy atom. The summed E-state index contributed by atoms with van der Waals surface area (Å²) in [6, 6.07) is 12.5. The second kappa shape index (κ2) is 6.06. The monoisotopic (exact) mass is 296 g/mol. The van der Waals surface area contributed by atoms with E-state index in [1.807, 2.05) is 45.0 Å². The molecule has 0 atom stereocenters. The van der Waals surface area contributed by atoms with Crippen LogP contribution in [0.3, 0.4) is 0 Å². The number of carbonyl (C=O) groups is 1. The number of benzene rings is 2. The molecule has 1 N–H and O–H groups in total. The highest BCUT2D eigenvalue weighted by Crippen LogP contribution is 2.28. The van der Waals surface area contributed by atoms with Gasteiger partial charge in [0.15, 0.2) is 0 Å². The molecule has 2 rings (SSSR count). The summed E-state index contributed by atoms with van der Waals surface area (Å²) in [6.07, 6.45) is 1.61. The van der Waals surface area contributed by atoms with Crippen molar-refractivity contribution in [2.45, 2.75) is 26.4 Å². The Bertz CT molecular complexity index is 697. The molecule has 0 aliphatic rings. The topological polar surface area (TPSA) is 46.5 Å². The van der Waals surface area contributed by atoms with Crippen LogP contribution in [0.25, 0.3) is 6.08 Å². The molecule has 0 radical (unpaired) electrons. The average molecular weight is 296 g/mol. The fourth-order valence-corrected chi connectivity index (χ4v) is 2.14. The molecule has 0 aliphatic carbocycles. The van der Waals surface area contributed by atoms with Crippen molar-refractivity contribution in [3.8, 4) is 5.75 Å². The van der Waals surface area contributed by atoms with E-state index in [0.29, 0.717) is 0 Å². The zero-order chi connectivity index (χ0) is 16.3. The van der Waals surface area contributed by atoms with Gasteiger partial charge in [0.25, 0.3) is 0 Å². The number of aromatic hydroxyl groups is 1. The van der Waals surface area contributed by atoms with Crippen LogP contribution in [0.2, 0.25) is 0 Å². The second-order valence-corrected chi connectivity index (χ2v) is 5.75. The lowest BCUT2D eigenvalue weighted by Crippen LogP contribution is -2.25. The number of rotatable bonds is 4. The van der Waals surface area contributed by atoms with Crippen LogP contribution in [-0.2, 0) is 10.3 Å². The van der Waals surface area contributed by atoms with Gasteiger partial charge in [-0.15, -0.1) is 0 Å². The number of carbonyl (C=O) groups excluding carboxylic acids is 1. The maximum atomic E-state index is 12.4. The van der Waals surface area contributed by atoms with Gasteiger partial charge in [0, 0.05) is 0 Å². The van der Waals surface area contributed by atoms with E-state index < -0.39 is 11.6 Å². The van der Waals surface area contributed by atoms with Crippen molar-refractivity contribution in [3.05, 3.63) is 71.3 Å². The Kier molecular flexibility index (Phi) is 4.36. The van der Waals surface area contributed by atoms with Crippen LogP contribution in [0, 0.1) is 6.92 Å². The standard InChI is InChI=1S/C19H20O3/c1-5-14-8-11-17(20)16(12-14)18(21)22-19(3,4)15-9-6-13(2)7-10-15/h5-12,20H,1H2,2-4H3. The van der Waals surface area contributed by atoms with E-state index in [-0.39, 0.29) is 11.3 Å². The molecule has 0 aromatic heterocycles. The molecule has 0 amide bonds. The molecule has 0 aliphatic heterocycles. The number of ether oxygens (including phenoxy) is 1. The summed E-state index contributed by atoms with van der Waals surface area (Å²) < 4.78 is 5.60. The predicted molar refractivity (Wildman–Crippen MR) is 87.8 cm³/mol. The number of hydrogen-bond donors (Lipinski definition) is 1. The highest BCUT2D eigenvalue weighted by Gasteiger charge is 2.27. The third-order valence-corrected chi connectivity index (χ3v) is 3.57. The normalized spacial score (nSPS) is 11.0. The largest absolute Gasteiger partial charge is 0.507 e. The molecule has 0 bridgehead atoms. The SMILES string of the molecule is C=Cc1ccc(O)c(C(=O)OC(C)(C)c2ccc(C)cc2)c1. The third-order valence-electron chi connectivity index (χ3n) is 3.57. The Labute approximate surface area is 130 Å². The van der Waals surface area contributed by atoms with Crippen molar-refractivity contribution < 1.29 is 14.6 Å². The highest BCUT2D eigenvalue weighted by atomic mass is 16.6. The Morgan fingerprint density at radius 1 is 1.18 bits per heavy atom. The Balaban J connectivity index is 2.27. The van der Waals surface area contributed by atoms with Gasteiger partial charge in [-0.25, -0.2) is 4.79 Å². The summed E-state index contributed by atoms with van der Waals surface area (Å²) in [7, 11) is 0. The molecular weight excluding hydrogens is 276 g/mol. The molecule has 2 aromatic rings. The van der Waals surface area contributed by atoms with E-state index >= 15 is 0 Å². The Hall–Kier alpha value is -2.55. The van der Waals surface area contributed by atoms with Crippen LogP contribution >= 0.6 is 0 Å². The fraction of sp³-hybridized carbons (Fsp3) is 0.211. The van der Waals surface area contributed by atoms with Crippen molar-refractivity contribution in [2.24, 2.45) is 0 Å². The van der Waals surface area contributed by atoms with Crippen molar-refractivity contribution in [1.82, 2.24) is 0 Å². The summed E-state index contributed by atoms with van der Waals surface area (Å²) in [5, 5.41) is 9.87. The van der Waals surface area contributed by atoms with E-state index in [2.05, 4.69) is 6.58 Å². The molecule has 3 heteroatoms. The van der Waals surface area contributed by atoms with E-state index in [0.717, 1.165) is 16.7 Å². The molecule has 22 heavy (non-hydrogen) atoms. The first-order chi connectivity index (χ1) is 10.3. The Morgan fingerprint density at radius 2 is 1.82 bits per heavy atom. The van der Waals surface area contributed by atoms with Crippen LogP contribution in [-0.4, -0.2) is 11.1 Å². The molecule has 0 saturated heterocycles. The lowest BCUT2D eigenvalue weighted by Gasteiger charge is -2.26. The maximum absolute atomic E-state index is 12.4. The summed E-state index contributed by atoms with van der Waals surface area (Å²) >= 11 is 0. The summed E-state index contributed by atoms with van der Waals surface area (Å²) in [4.78, 5) is 12.4. The average Bonchev–Trinajstić information content (AvgIpc) is 2.47. The van der Waals surface area contributed by atoms with Gasteiger partial charge in [-0.2, -0.15) is 0 Å². The number of aryl methyl sites for hydroxylation is 1. The molecule has 0 fully saturated rings. The lowest BCUT2D eigenvalue weighted by molar-refractivity contribution is -0.00339. The van der Waals surface area contributed by atoms with E-state index in [1.54, 1.807) is 18.2 Å². The van der Waals surface area contributed by atoms with E-state index in [9.17, 15) is 9.90 Å². The van der Waals surface area contributed by atoms with Gasteiger partial charge in [0.2, 0.25) is 0 Å².